The molecule has 1 aromatic rings. The minimum Gasteiger partial charge on any atom is -0.508 e. The summed E-state index contributed by atoms with van der Waals surface area (Å²) in [7, 11) is -3.85. The molecule has 1 atom stereocenters. The molecule has 1 unspecified atom stereocenters. The summed E-state index contributed by atoms with van der Waals surface area (Å²) in [6.07, 6.45) is 0.596. The molecule has 0 aromatic heterocycles. The minimum absolute atomic E-state index is 0.0113. The molecular weight excluding hydrogens is 284 g/mol. The number of carboxylic acids is 1. The molecule has 0 spiro atoms. The number of phenols is 1. The quantitative estimate of drug-likeness (QED) is 0.548. The largest absolute Gasteiger partial charge is 0.508 e. The monoisotopic (exact) mass is 302 g/mol. The van der Waals surface area contributed by atoms with Gasteiger partial charge in [-0.25, -0.2) is 4.72 Å². The van der Waals surface area contributed by atoms with Crippen molar-refractivity contribution in [1.29, 1.82) is 0 Å². The second kappa shape index (κ2) is 7.22. The van der Waals surface area contributed by atoms with Crippen LogP contribution in [0.4, 0.5) is 0 Å². The van der Waals surface area contributed by atoms with Crippen LogP contribution >= 0.6 is 0 Å². The SMILES string of the molecule is CCCNS(=O)(=O)NC(Cc1ccc(O)cc1)C(=O)O. The van der Waals surface area contributed by atoms with Gasteiger partial charge in [-0.2, -0.15) is 13.1 Å². The summed E-state index contributed by atoms with van der Waals surface area (Å²) in [6, 6.07) is 4.64. The lowest BCUT2D eigenvalue weighted by atomic mass is 10.1. The predicted molar refractivity (Wildman–Crippen MR) is 73.6 cm³/mol. The molecule has 1 rings (SSSR count). The first-order chi connectivity index (χ1) is 9.34. The summed E-state index contributed by atoms with van der Waals surface area (Å²) >= 11 is 0. The summed E-state index contributed by atoms with van der Waals surface area (Å²) in [4.78, 5) is 11.1. The first-order valence-corrected chi connectivity index (χ1v) is 7.60. The highest BCUT2D eigenvalue weighted by molar-refractivity contribution is 7.87. The third kappa shape index (κ3) is 5.55. The summed E-state index contributed by atoms with van der Waals surface area (Å²) < 4.78 is 27.6. The Kier molecular flexibility index (Phi) is 5.93. The van der Waals surface area contributed by atoms with E-state index in [4.69, 9.17) is 10.2 Å². The second-order valence-electron chi connectivity index (χ2n) is 4.28. The van der Waals surface area contributed by atoms with Crippen LogP contribution in [0.5, 0.6) is 5.75 Å². The molecule has 8 heteroatoms. The maximum atomic E-state index is 11.6. The topological polar surface area (TPSA) is 116 Å². The molecule has 0 saturated carbocycles. The highest BCUT2D eigenvalue weighted by Crippen LogP contribution is 2.11. The van der Waals surface area contributed by atoms with E-state index in [9.17, 15) is 13.2 Å². The maximum Gasteiger partial charge on any atom is 0.322 e. The number of benzene rings is 1. The zero-order valence-electron chi connectivity index (χ0n) is 11.0. The number of phenolic OH excluding ortho intramolecular Hbond substituents is 1. The van der Waals surface area contributed by atoms with E-state index >= 15 is 0 Å². The normalized spacial score (nSPS) is 13.1. The van der Waals surface area contributed by atoms with Crippen molar-refractivity contribution in [3.8, 4) is 5.75 Å². The minimum atomic E-state index is -3.85. The molecule has 0 heterocycles. The van der Waals surface area contributed by atoms with Crippen LogP contribution in [-0.2, 0) is 21.4 Å². The molecule has 0 aliphatic carbocycles. The molecule has 0 amide bonds. The Hall–Kier alpha value is -1.64. The summed E-state index contributed by atoms with van der Waals surface area (Å²) in [5, 5.41) is 18.2. The van der Waals surface area contributed by atoms with Crippen LogP contribution in [0.2, 0.25) is 0 Å². The van der Waals surface area contributed by atoms with Crippen LogP contribution in [-0.4, -0.2) is 37.2 Å². The number of hydrogen-bond acceptors (Lipinski definition) is 4. The van der Waals surface area contributed by atoms with Gasteiger partial charge in [0.05, 0.1) is 0 Å². The van der Waals surface area contributed by atoms with Crippen molar-refractivity contribution >= 4 is 16.2 Å². The Bertz CT molecular complexity index is 541. The first kappa shape index (κ1) is 16.4. The van der Waals surface area contributed by atoms with Crippen molar-refractivity contribution in [2.45, 2.75) is 25.8 Å². The zero-order chi connectivity index (χ0) is 15.2. The number of carbonyl (C=O) groups is 1. The van der Waals surface area contributed by atoms with E-state index in [1.54, 1.807) is 19.1 Å². The smallest absolute Gasteiger partial charge is 0.322 e. The summed E-state index contributed by atoms with van der Waals surface area (Å²) in [5.74, 6) is -1.20. The standard InChI is InChI=1S/C12H18N2O5S/c1-2-7-13-20(18,19)14-11(12(16)17)8-9-3-5-10(15)6-4-9/h3-6,11,13-15H,2,7-8H2,1H3,(H,16,17). The fourth-order valence-corrected chi connectivity index (χ4v) is 2.63. The number of carboxylic acid groups (broad SMARTS) is 1. The lowest BCUT2D eigenvalue weighted by Crippen LogP contribution is -2.47. The van der Waals surface area contributed by atoms with Crippen molar-refractivity contribution in [3.63, 3.8) is 0 Å². The lowest BCUT2D eigenvalue weighted by molar-refractivity contribution is -0.138. The lowest BCUT2D eigenvalue weighted by Gasteiger charge is -2.15. The molecule has 0 saturated heterocycles. The van der Waals surface area contributed by atoms with Gasteiger partial charge in [-0.3, -0.25) is 4.79 Å². The van der Waals surface area contributed by atoms with Crippen molar-refractivity contribution in [3.05, 3.63) is 29.8 Å². The zero-order valence-corrected chi connectivity index (χ0v) is 11.9. The van der Waals surface area contributed by atoms with Gasteiger partial charge in [0.1, 0.15) is 11.8 Å². The van der Waals surface area contributed by atoms with Crippen molar-refractivity contribution in [2.24, 2.45) is 0 Å². The summed E-state index contributed by atoms with van der Waals surface area (Å²) in [6.45, 7) is 2.04. The average Bonchev–Trinajstić information content (AvgIpc) is 2.38. The van der Waals surface area contributed by atoms with Gasteiger partial charge in [0.15, 0.2) is 0 Å². The Balaban J connectivity index is 2.75. The van der Waals surface area contributed by atoms with Crippen LogP contribution in [0.3, 0.4) is 0 Å². The maximum absolute atomic E-state index is 11.6. The van der Waals surface area contributed by atoms with E-state index < -0.39 is 22.2 Å². The van der Waals surface area contributed by atoms with Gasteiger partial charge in [0.2, 0.25) is 0 Å². The Labute approximate surface area is 117 Å². The van der Waals surface area contributed by atoms with Gasteiger partial charge in [-0.05, 0) is 30.5 Å². The molecule has 0 aliphatic heterocycles. The van der Waals surface area contributed by atoms with E-state index in [1.165, 1.54) is 12.1 Å². The third-order valence-corrected chi connectivity index (χ3v) is 3.69. The van der Waals surface area contributed by atoms with Gasteiger partial charge in [-0.1, -0.05) is 19.1 Å². The van der Waals surface area contributed by atoms with Gasteiger partial charge >= 0.3 is 5.97 Å². The molecule has 7 nitrogen and oxygen atoms in total. The molecule has 0 aliphatic rings. The van der Waals surface area contributed by atoms with E-state index in [-0.39, 0.29) is 18.7 Å². The number of hydrogen-bond donors (Lipinski definition) is 4. The third-order valence-electron chi connectivity index (χ3n) is 2.51. The van der Waals surface area contributed by atoms with Gasteiger partial charge in [-0.15, -0.1) is 0 Å². The molecule has 1 aromatic carbocycles. The number of rotatable bonds is 8. The van der Waals surface area contributed by atoms with Crippen LogP contribution in [0.1, 0.15) is 18.9 Å². The Morgan fingerprint density at radius 2 is 1.90 bits per heavy atom. The second-order valence-corrected chi connectivity index (χ2v) is 5.81. The molecule has 0 fully saturated rings. The van der Waals surface area contributed by atoms with Crippen LogP contribution in [0.25, 0.3) is 0 Å². The molecule has 0 radical (unpaired) electrons. The number of aromatic hydroxyl groups is 1. The predicted octanol–water partition coefficient (Wildman–Crippen LogP) is 0.222. The number of aliphatic carboxylic acids is 1. The fraction of sp³-hybridized carbons (Fsp3) is 0.417. The van der Waals surface area contributed by atoms with Gasteiger partial charge < -0.3 is 10.2 Å². The molecule has 20 heavy (non-hydrogen) atoms. The highest BCUT2D eigenvalue weighted by atomic mass is 32.2. The van der Waals surface area contributed by atoms with Crippen molar-refractivity contribution in [1.82, 2.24) is 9.44 Å². The fourth-order valence-electron chi connectivity index (χ4n) is 1.51. The number of nitrogens with one attached hydrogen (secondary N) is 2. The van der Waals surface area contributed by atoms with E-state index in [0.29, 0.717) is 12.0 Å². The van der Waals surface area contributed by atoms with Crippen LogP contribution < -0.4 is 9.44 Å². The Morgan fingerprint density at radius 3 is 2.40 bits per heavy atom. The molecular formula is C12H18N2O5S. The van der Waals surface area contributed by atoms with Gasteiger partial charge in [0, 0.05) is 6.54 Å². The van der Waals surface area contributed by atoms with E-state index in [0.717, 1.165) is 0 Å². The van der Waals surface area contributed by atoms with Crippen molar-refractivity contribution < 1.29 is 23.4 Å². The van der Waals surface area contributed by atoms with E-state index in [2.05, 4.69) is 9.44 Å². The Morgan fingerprint density at radius 1 is 1.30 bits per heavy atom. The molecule has 4 N–H and O–H groups in total. The van der Waals surface area contributed by atoms with Gasteiger partial charge in [0.25, 0.3) is 10.2 Å². The first-order valence-electron chi connectivity index (χ1n) is 6.11. The van der Waals surface area contributed by atoms with E-state index in [1.807, 2.05) is 0 Å². The van der Waals surface area contributed by atoms with Crippen molar-refractivity contribution in [2.75, 3.05) is 6.54 Å². The molecule has 0 bridgehead atoms. The summed E-state index contributed by atoms with van der Waals surface area (Å²) in [5.41, 5.74) is 0.605. The average molecular weight is 302 g/mol. The molecule has 112 valence electrons. The van der Waals surface area contributed by atoms with Crippen LogP contribution in [0, 0.1) is 0 Å². The highest BCUT2D eigenvalue weighted by Gasteiger charge is 2.23. The van der Waals surface area contributed by atoms with Crippen LogP contribution in [0.15, 0.2) is 24.3 Å².